The zero-order chi connectivity index (χ0) is 13.7. The van der Waals surface area contributed by atoms with Gasteiger partial charge < -0.3 is 11.1 Å². The van der Waals surface area contributed by atoms with Crippen molar-refractivity contribution in [1.29, 1.82) is 0 Å². The van der Waals surface area contributed by atoms with Crippen LogP contribution in [-0.4, -0.2) is 5.91 Å². The number of nitrogens with one attached hydrogen (secondary N) is 1. The smallest absolute Gasteiger partial charge is 0.244 e. The van der Waals surface area contributed by atoms with E-state index in [2.05, 4.69) is 18.3 Å². The lowest BCUT2D eigenvalue weighted by Crippen LogP contribution is -2.19. The van der Waals surface area contributed by atoms with Crippen molar-refractivity contribution < 1.29 is 4.79 Å². The molecule has 1 aromatic carbocycles. The number of aryl methyl sites for hydroxylation is 1. The Kier molecular flexibility index (Phi) is 4.36. The minimum absolute atomic E-state index is 0.0946. The molecule has 0 aliphatic carbocycles. The van der Waals surface area contributed by atoms with E-state index in [9.17, 15) is 4.79 Å². The quantitative estimate of drug-likeness (QED) is 0.664. The molecule has 4 heteroatoms. The summed E-state index contributed by atoms with van der Waals surface area (Å²) in [6.07, 6.45) is 3.31. The first-order valence-electron chi connectivity index (χ1n) is 6.00. The van der Waals surface area contributed by atoms with Gasteiger partial charge in [-0.05, 0) is 42.8 Å². The minimum Gasteiger partial charge on any atom is -0.399 e. The third-order valence-electron chi connectivity index (χ3n) is 2.60. The van der Waals surface area contributed by atoms with Gasteiger partial charge in [-0.15, -0.1) is 11.3 Å². The molecular weight excluding hydrogens is 256 g/mol. The molecule has 19 heavy (non-hydrogen) atoms. The Morgan fingerprint density at radius 2 is 2.00 bits per heavy atom. The topological polar surface area (TPSA) is 55.1 Å². The van der Waals surface area contributed by atoms with Crippen molar-refractivity contribution in [3.05, 3.63) is 57.8 Å². The van der Waals surface area contributed by atoms with E-state index in [4.69, 9.17) is 5.73 Å². The van der Waals surface area contributed by atoms with Crippen LogP contribution in [0, 0.1) is 6.92 Å². The van der Waals surface area contributed by atoms with Crippen molar-refractivity contribution in [2.75, 3.05) is 5.73 Å². The minimum atomic E-state index is -0.0946. The fourth-order valence-electron chi connectivity index (χ4n) is 1.59. The first-order valence-corrected chi connectivity index (χ1v) is 6.82. The van der Waals surface area contributed by atoms with Gasteiger partial charge in [0, 0.05) is 21.5 Å². The summed E-state index contributed by atoms with van der Waals surface area (Å²) in [7, 11) is 0. The monoisotopic (exact) mass is 272 g/mol. The van der Waals surface area contributed by atoms with Crippen LogP contribution < -0.4 is 11.1 Å². The Balaban J connectivity index is 1.85. The molecule has 3 nitrogen and oxygen atoms in total. The molecule has 1 aromatic heterocycles. The average Bonchev–Trinajstić information content (AvgIpc) is 2.81. The number of carbonyl (C=O) groups excluding carboxylic acids is 1. The first-order chi connectivity index (χ1) is 9.13. The zero-order valence-electron chi connectivity index (χ0n) is 10.7. The van der Waals surface area contributed by atoms with Gasteiger partial charge in [0.25, 0.3) is 0 Å². The standard InChI is InChI=1S/C15H16N2OS/c1-11-2-8-14(19-11)10-17-15(18)9-5-12-3-6-13(16)7-4-12/h2-9H,10,16H2,1H3,(H,17,18)/b9-5+. The lowest BCUT2D eigenvalue weighted by molar-refractivity contribution is -0.116. The predicted octanol–water partition coefficient (Wildman–Crippen LogP) is 2.97. The summed E-state index contributed by atoms with van der Waals surface area (Å²) in [5, 5.41) is 2.85. The van der Waals surface area contributed by atoms with Gasteiger partial charge >= 0.3 is 0 Å². The Labute approximate surface area is 116 Å². The highest BCUT2D eigenvalue weighted by Gasteiger charge is 1.99. The molecule has 0 fully saturated rings. The van der Waals surface area contributed by atoms with Crippen molar-refractivity contribution in [2.45, 2.75) is 13.5 Å². The molecule has 98 valence electrons. The Morgan fingerprint density at radius 3 is 2.63 bits per heavy atom. The van der Waals surface area contributed by atoms with E-state index in [1.165, 1.54) is 11.0 Å². The van der Waals surface area contributed by atoms with E-state index in [0.29, 0.717) is 6.54 Å². The third-order valence-corrected chi connectivity index (χ3v) is 3.60. The molecule has 3 N–H and O–H groups in total. The number of carbonyl (C=O) groups is 1. The van der Waals surface area contributed by atoms with Crippen molar-refractivity contribution in [2.24, 2.45) is 0 Å². The molecule has 1 heterocycles. The number of hydrogen-bond donors (Lipinski definition) is 2. The molecule has 0 aliphatic rings. The van der Waals surface area contributed by atoms with E-state index in [-0.39, 0.29) is 5.91 Å². The highest BCUT2D eigenvalue weighted by atomic mass is 32.1. The molecule has 0 bridgehead atoms. The van der Waals surface area contributed by atoms with Gasteiger partial charge in [-0.25, -0.2) is 0 Å². The Hall–Kier alpha value is -2.07. The van der Waals surface area contributed by atoms with Crippen LogP contribution in [-0.2, 0) is 11.3 Å². The zero-order valence-corrected chi connectivity index (χ0v) is 11.5. The van der Waals surface area contributed by atoms with Crippen molar-refractivity contribution >= 4 is 29.0 Å². The van der Waals surface area contributed by atoms with Crippen molar-refractivity contribution in [3.8, 4) is 0 Å². The van der Waals surface area contributed by atoms with Crippen LogP contribution in [0.25, 0.3) is 6.08 Å². The van der Waals surface area contributed by atoms with Crippen LogP contribution in [0.3, 0.4) is 0 Å². The molecule has 0 spiro atoms. The second-order valence-electron chi connectivity index (χ2n) is 4.23. The lowest BCUT2D eigenvalue weighted by atomic mass is 10.2. The molecular formula is C15H16N2OS. The van der Waals surface area contributed by atoms with Gasteiger partial charge in [-0.2, -0.15) is 0 Å². The number of nitrogens with two attached hydrogens (primary N) is 1. The van der Waals surface area contributed by atoms with Gasteiger partial charge in [-0.3, -0.25) is 4.79 Å². The van der Waals surface area contributed by atoms with Crippen LogP contribution in [0.2, 0.25) is 0 Å². The summed E-state index contributed by atoms with van der Waals surface area (Å²) in [6, 6.07) is 11.5. The third kappa shape index (κ3) is 4.26. The highest BCUT2D eigenvalue weighted by Crippen LogP contribution is 2.14. The number of anilines is 1. The van der Waals surface area contributed by atoms with Crippen LogP contribution >= 0.6 is 11.3 Å². The summed E-state index contributed by atoms with van der Waals surface area (Å²) in [4.78, 5) is 14.1. The van der Waals surface area contributed by atoms with Gasteiger partial charge in [0.1, 0.15) is 0 Å². The van der Waals surface area contributed by atoms with Crippen molar-refractivity contribution in [3.63, 3.8) is 0 Å². The molecule has 2 aromatic rings. The number of rotatable bonds is 4. The number of benzene rings is 1. The van der Waals surface area contributed by atoms with E-state index in [1.54, 1.807) is 17.4 Å². The summed E-state index contributed by atoms with van der Waals surface area (Å²) in [6.45, 7) is 2.63. The van der Waals surface area contributed by atoms with E-state index in [0.717, 1.165) is 16.1 Å². The number of nitrogen functional groups attached to an aromatic ring is 1. The number of thiophene rings is 1. The number of amides is 1. The van der Waals surface area contributed by atoms with Gasteiger partial charge in [0.2, 0.25) is 5.91 Å². The van der Waals surface area contributed by atoms with E-state index < -0.39 is 0 Å². The fraction of sp³-hybridized carbons (Fsp3) is 0.133. The predicted molar refractivity (Wildman–Crippen MR) is 80.8 cm³/mol. The fourth-order valence-corrected chi connectivity index (χ4v) is 2.42. The molecule has 0 radical (unpaired) electrons. The maximum absolute atomic E-state index is 11.6. The van der Waals surface area contributed by atoms with Gasteiger partial charge in [0.05, 0.1) is 6.54 Å². The van der Waals surface area contributed by atoms with Crippen LogP contribution in [0.4, 0.5) is 5.69 Å². The van der Waals surface area contributed by atoms with Crippen molar-refractivity contribution in [1.82, 2.24) is 5.32 Å². The molecule has 0 atom stereocenters. The lowest BCUT2D eigenvalue weighted by Gasteiger charge is -1.99. The second-order valence-corrected chi connectivity index (χ2v) is 5.60. The second kappa shape index (κ2) is 6.20. The summed E-state index contributed by atoms with van der Waals surface area (Å²) < 4.78 is 0. The maximum Gasteiger partial charge on any atom is 0.244 e. The molecule has 2 rings (SSSR count). The normalized spacial score (nSPS) is 10.8. The SMILES string of the molecule is Cc1ccc(CNC(=O)/C=C/c2ccc(N)cc2)s1. The summed E-state index contributed by atoms with van der Waals surface area (Å²) in [5.41, 5.74) is 7.27. The average molecular weight is 272 g/mol. The maximum atomic E-state index is 11.6. The number of hydrogen-bond acceptors (Lipinski definition) is 3. The molecule has 1 amide bonds. The van der Waals surface area contributed by atoms with Gasteiger partial charge in [-0.1, -0.05) is 12.1 Å². The molecule has 0 saturated heterocycles. The van der Waals surface area contributed by atoms with Crippen LogP contribution in [0.5, 0.6) is 0 Å². The van der Waals surface area contributed by atoms with Crippen LogP contribution in [0.1, 0.15) is 15.3 Å². The highest BCUT2D eigenvalue weighted by molar-refractivity contribution is 7.11. The Morgan fingerprint density at radius 1 is 1.26 bits per heavy atom. The summed E-state index contributed by atoms with van der Waals surface area (Å²) in [5.74, 6) is -0.0946. The molecule has 0 aliphatic heterocycles. The Bertz CT molecular complexity index is 584. The molecule has 0 unspecified atom stereocenters. The first kappa shape index (κ1) is 13.4. The van der Waals surface area contributed by atoms with Gasteiger partial charge in [0.15, 0.2) is 0 Å². The summed E-state index contributed by atoms with van der Waals surface area (Å²) >= 11 is 1.69. The largest absolute Gasteiger partial charge is 0.399 e. The molecule has 0 saturated carbocycles. The van der Waals surface area contributed by atoms with E-state index >= 15 is 0 Å². The van der Waals surface area contributed by atoms with Crippen LogP contribution in [0.15, 0.2) is 42.5 Å². The van der Waals surface area contributed by atoms with E-state index in [1.807, 2.05) is 30.3 Å².